The van der Waals surface area contributed by atoms with Gasteiger partial charge in [0.1, 0.15) is 5.69 Å². The molecule has 1 atom stereocenters. The third-order valence-electron chi connectivity index (χ3n) is 6.06. The van der Waals surface area contributed by atoms with Crippen molar-refractivity contribution in [1.82, 2.24) is 15.2 Å². The Hall–Kier alpha value is -4.33. The van der Waals surface area contributed by atoms with Gasteiger partial charge >= 0.3 is 5.97 Å². The van der Waals surface area contributed by atoms with Crippen molar-refractivity contribution in [2.24, 2.45) is 0 Å². The van der Waals surface area contributed by atoms with Gasteiger partial charge in [-0.1, -0.05) is 38.0 Å². The molecule has 37 heavy (non-hydrogen) atoms. The predicted molar refractivity (Wildman–Crippen MR) is 141 cm³/mol. The van der Waals surface area contributed by atoms with Gasteiger partial charge in [-0.05, 0) is 66.9 Å². The van der Waals surface area contributed by atoms with Crippen LogP contribution in [0.2, 0.25) is 0 Å². The molecule has 0 spiro atoms. The Labute approximate surface area is 215 Å². The maximum Gasteiger partial charge on any atom is 0.303 e. The van der Waals surface area contributed by atoms with E-state index in [1.807, 2.05) is 42.5 Å². The molecule has 190 valence electrons. The van der Waals surface area contributed by atoms with Crippen molar-refractivity contribution in [3.63, 3.8) is 0 Å². The van der Waals surface area contributed by atoms with Gasteiger partial charge in [-0.3, -0.25) is 14.6 Å². The van der Waals surface area contributed by atoms with Gasteiger partial charge in [0.25, 0.3) is 5.89 Å². The van der Waals surface area contributed by atoms with E-state index < -0.39 is 5.97 Å². The molecule has 0 amide bonds. The lowest BCUT2D eigenvalue weighted by atomic mass is 9.99. The molecule has 1 unspecified atom stereocenters. The minimum atomic E-state index is -0.884. The van der Waals surface area contributed by atoms with Crippen LogP contribution in [0.4, 0.5) is 5.69 Å². The number of hydrogen-bond donors (Lipinski definition) is 2. The number of anilines is 1. The monoisotopic (exact) mass is 498 g/mol. The van der Waals surface area contributed by atoms with E-state index in [1.54, 1.807) is 18.3 Å². The third kappa shape index (κ3) is 7.10. The number of aliphatic carboxylic acids is 1. The Morgan fingerprint density at radius 1 is 0.919 bits per heavy atom. The van der Waals surface area contributed by atoms with E-state index in [0.717, 1.165) is 36.1 Å². The number of aromatic nitrogens is 3. The largest absolute Gasteiger partial charge is 0.481 e. The summed E-state index contributed by atoms with van der Waals surface area (Å²) in [6.45, 7) is 2.17. The second-order valence-corrected chi connectivity index (χ2v) is 8.84. The number of benzene rings is 2. The molecule has 4 aromatic rings. The van der Waals surface area contributed by atoms with E-state index in [4.69, 9.17) is 9.52 Å². The fourth-order valence-electron chi connectivity index (χ4n) is 4.02. The number of Topliss-reactive ketones (excluding diaryl/α,β-unsaturated/α-hetero) is 1. The van der Waals surface area contributed by atoms with E-state index in [0.29, 0.717) is 29.5 Å². The molecule has 0 saturated heterocycles. The molecule has 8 nitrogen and oxygen atoms in total. The maximum atomic E-state index is 12.3. The summed E-state index contributed by atoms with van der Waals surface area (Å²) >= 11 is 0. The SMILES string of the molecule is CCCCC(Nc1ccc(C(=O)CCCC(=O)O)cc1)c1ccc(-c2nnc(-c3ccccn3)o2)cc1. The first-order chi connectivity index (χ1) is 18.0. The van der Waals surface area contributed by atoms with Gasteiger partial charge in [-0.25, -0.2) is 0 Å². The standard InChI is InChI=1S/C29H30N4O4/c1-2-3-7-24(31-23-17-15-21(16-18-23)26(34)9-6-10-27(35)36)20-11-13-22(14-12-20)28-32-33-29(37-28)25-8-4-5-19-30-25/h4-5,8,11-19,24,31H,2-3,6-7,9-10H2,1H3,(H,35,36). The van der Waals surface area contributed by atoms with Crippen LogP contribution in [0.1, 0.15) is 67.4 Å². The molecule has 0 aliphatic rings. The van der Waals surface area contributed by atoms with Gasteiger partial charge in [-0.2, -0.15) is 0 Å². The predicted octanol–water partition coefficient (Wildman–Crippen LogP) is 6.58. The Balaban J connectivity index is 1.43. The number of nitrogens with zero attached hydrogens (tertiary/aromatic N) is 3. The average Bonchev–Trinajstić information content (AvgIpc) is 3.42. The van der Waals surface area contributed by atoms with Crippen molar-refractivity contribution in [3.05, 3.63) is 84.1 Å². The average molecular weight is 499 g/mol. The van der Waals surface area contributed by atoms with Gasteiger partial charge in [0.2, 0.25) is 5.89 Å². The molecular weight excluding hydrogens is 468 g/mol. The highest BCUT2D eigenvalue weighted by Gasteiger charge is 2.15. The Morgan fingerprint density at radius 2 is 1.68 bits per heavy atom. The molecule has 0 aliphatic heterocycles. The van der Waals surface area contributed by atoms with Gasteiger partial charge in [0.15, 0.2) is 5.78 Å². The van der Waals surface area contributed by atoms with E-state index >= 15 is 0 Å². The molecule has 0 fully saturated rings. The van der Waals surface area contributed by atoms with Crippen LogP contribution >= 0.6 is 0 Å². The van der Waals surface area contributed by atoms with Gasteiger partial charge in [-0.15, -0.1) is 10.2 Å². The molecule has 4 rings (SSSR count). The summed E-state index contributed by atoms with van der Waals surface area (Å²) in [5.41, 5.74) is 4.11. The lowest BCUT2D eigenvalue weighted by molar-refractivity contribution is -0.137. The number of unbranched alkanes of at least 4 members (excludes halogenated alkanes) is 1. The van der Waals surface area contributed by atoms with E-state index in [2.05, 4.69) is 39.6 Å². The van der Waals surface area contributed by atoms with Crippen LogP contribution in [-0.2, 0) is 4.79 Å². The Morgan fingerprint density at radius 3 is 2.35 bits per heavy atom. The quantitative estimate of drug-likeness (QED) is 0.198. The summed E-state index contributed by atoms with van der Waals surface area (Å²) < 4.78 is 5.83. The lowest BCUT2D eigenvalue weighted by Crippen LogP contribution is -2.11. The number of hydrogen-bond acceptors (Lipinski definition) is 7. The molecule has 2 N–H and O–H groups in total. The van der Waals surface area contributed by atoms with Crippen molar-refractivity contribution >= 4 is 17.4 Å². The number of carbonyl (C=O) groups excluding carboxylic acids is 1. The number of pyridine rings is 1. The Bertz CT molecular complexity index is 1300. The molecule has 2 aromatic carbocycles. The molecule has 0 saturated carbocycles. The number of carboxylic acids is 1. The summed E-state index contributed by atoms with van der Waals surface area (Å²) in [4.78, 5) is 27.2. The van der Waals surface area contributed by atoms with Crippen molar-refractivity contribution in [1.29, 1.82) is 0 Å². The van der Waals surface area contributed by atoms with Crippen molar-refractivity contribution in [2.75, 3.05) is 5.32 Å². The highest BCUT2D eigenvalue weighted by molar-refractivity contribution is 5.96. The van der Waals surface area contributed by atoms with Crippen LogP contribution in [0.3, 0.4) is 0 Å². The van der Waals surface area contributed by atoms with Gasteiger partial charge in [0, 0.05) is 35.9 Å². The highest BCUT2D eigenvalue weighted by atomic mass is 16.4. The van der Waals surface area contributed by atoms with E-state index in [1.165, 1.54) is 0 Å². The fraction of sp³-hybridized carbons (Fsp3) is 0.276. The third-order valence-corrected chi connectivity index (χ3v) is 6.06. The zero-order valence-electron chi connectivity index (χ0n) is 20.8. The second kappa shape index (κ2) is 12.6. The van der Waals surface area contributed by atoms with Crippen LogP contribution in [0, 0.1) is 0 Å². The molecule has 0 bridgehead atoms. The van der Waals surface area contributed by atoms with Crippen molar-refractivity contribution in [2.45, 2.75) is 51.5 Å². The summed E-state index contributed by atoms with van der Waals surface area (Å²) in [5, 5.41) is 20.6. The smallest absolute Gasteiger partial charge is 0.303 e. The van der Waals surface area contributed by atoms with Crippen LogP contribution in [0.5, 0.6) is 0 Å². The minimum absolute atomic E-state index is 0.00116. The molecule has 2 aromatic heterocycles. The number of carbonyl (C=O) groups is 2. The molecule has 0 aliphatic carbocycles. The molecule has 2 heterocycles. The lowest BCUT2D eigenvalue weighted by Gasteiger charge is -2.21. The topological polar surface area (TPSA) is 118 Å². The van der Waals surface area contributed by atoms with Crippen LogP contribution in [0.25, 0.3) is 23.0 Å². The zero-order valence-corrected chi connectivity index (χ0v) is 20.8. The second-order valence-electron chi connectivity index (χ2n) is 8.84. The fourth-order valence-corrected chi connectivity index (χ4v) is 4.02. The maximum absolute atomic E-state index is 12.3. The van der Waals surface area contributed by atoms with Crippen molar-refractivity contribution < 1.29 is 19.1 Å². The zero-order chi connectivity index (χ0) is 26.0. The van der Waals surface area contributed by atoms with Crippen LogP contribution in [0.15, 0.2) is 77.3 Å². The minimum Gasteiger partial charge on any atom is -0.481 e. The normalized spacial score (nSPS) is 11.7. The van der Waals surface area contributed by atoms with E-state index in [9.17, 15) is 9.59 Å². The summed E-state index contributed by atoms with van der Waals surface area (Å²) in [5.74, 6) is -0.108. The summed E-state index contributed by atoms with van der Waals surface area (Å²) in [7, 11) is 0. The number of rotatable bonds is 13. The highest BCUT2D eigenvalue weighted by Crippen LogP contribution is 2.28. The number of ketones is 1. The van der Waals surface area contributed by atoms with Crippen LogP contribution in [-0.4, -0.2) is 32.0 Å². The molecule has 8 heteroatoms. The molecule has 0 radical (unpaired) electrons. The van der Waals surface area contributed by atoms with Gasteiger partial charge < -0.3 is 14.8 Å². The van der Waals surface area contributed by atoms with E-state index in [-0.39, 0.29) is 24.7 Å². The number of nitrogens with one attached hydrogen (secondary N) is 1. The first kappa shape index (κ1) is 25.8. The first-order valence-electron chi connectivity index (χ1n) is 12.5. The number of carboxylic acid groups (broad SMARTS) is 1. The Kier molecular flexibility index (Phi) is 8.75. The van der Waals surface area contributed by atoms with Gasteiger partial charge in [0.05, 0.1) is 6.04 Å². The van der Waals surface area contributed by atoms with Crippen LogP contribution < -0.4 is 5.32 Å². The summed E-state index contributed by atoms with van der Waals surface area (Å²) in [6, 6.07) is 21.1. The first-order valence-corrected chi connectivity index (χ1v) is 12.5. The van der Waals surface area contributed by atoms with Crippen molar-refractivity contribution in [3.8, 4) is 23.0 Å². The molecular formula is C29H30N4O4. The summed E-state index contributed by atoms with van der Waals surface area (Å²) in [6.07, 6.45) is 5.36.